The highest BCUT2D eigenvalue weighted by Crippen LogP contribution is 2.27. The Bertz CT molecular complexity index is 1600. The molecule has 10 nitrogen and oxygen atoms in total. The van der Waals surface area contributed by atoms with Gasteiger partial charge in [0.15, 0.2) is 0 Å². The number of halogens is 1. The van der Waals surface area contributed by atoms with Gasteiger partial charge in [-0.15, -0.1) is 0 Å². The number of carbonyl (C=O) groups is 2. The number of nitrogens with one attached hydrogen (secondary N) is 2. The number of hydrogen-bond acceptors (Lipinski definition) is 6. The highest BCUT2D eigenvalue weighted by Gasteiger charge is 2.25. The second kappa shape index (κ2) is 11.8. The summed E-state index contributed by atoms with van der Waals surface area (Å²) in [5, 5.41) is 11.1. The molecule has 0 saturated carbocycles. The maximum Gasteiger partial charge on any atom is 0.324 e. The van der Waals surface area contributed by atoms with Crippen molar-refractivity contribution in [2.75, 3.05) is 41.7 Å². The standard InChI is InChI=1S/C31H35ClN8O2/c1-20-10-11-22(19-33-20)40-28(18-26(37-40)31(3,4)5)36-30(42)35-25-12-13-27(34-21(25)2)38-14-16-39(17-15-38)29(41)23-8-6-7-9-24(23)32/h6-13,18-19H,14-17H2,1-5H3,(H2,35,36,42). The average molecular weight is 587 g/mol. The molecule has 4 heterocycles. The van der Waals surface area contributed by atoms with Crippen molar-refractivity contribution in [3.05, 3.63) is 88.5 Å². The highest BCUT2D eigenvalue weighted by atomic mass is 35.5. The van der Waals surface area contributed by atoms with Gasteiger partial charge in [-0.1, -0.05) is 44.5 Å². The first-order valence-corrected chi connectivity index (χ1v) is 14.3. The Hall–Kier alpha value is -4.44. The van der Waals surface area contributed by atoms with Gasteiger partial charge in [-0.25, -0.2) is 14.5 Å². The third-order valence-corrected chi connectivity index (χ3v) is 7.50. The van der Waals surface area contributed by atoms with E-state index >= 15 is 0 Å². The number of anilines is 3. The first kappa shape index (κ1) is 29.1. The molecule has 0 aliphatic carbocycles. The lowest BCUT2D eigenvalue weighted by atomic mass is 9.92. The summed E-state index contributed by atoms with van der Waals surface area (Å²) in [6.45, 7) is 12.4. The molecule has 0 atom stereocenters. The molecule has 0 bridgehead atoms. The molecule has 42 heavy (non-hydrogen) atoms. The maximum absolute atomic E-state index is 13.1. The Balaban J connectivity index is 1.24. The zero-order valence-electron chi connectivity index (χ0n) is 24.5. The van der Waals surface area contributed by atoms with Crippen LogP contribution in [0.15, 0.2) is 60.8 Å². The van der Waals surface area contributed by atoms with Gasteiger partial charge in [0.25, 0.3) is 5.91 Å². The van der Waals surface area contributed by atoms with E-state index in [0.29, 0.717) is 54.0 Å². The van der Waals surface area contributed by atoms with Gasteiger partial charge in [0.2, 0.25) is 0 Å². The second-order valence-corrected chi connectivity index (χ2v) is 11.8. The van der Waals surface area contributed by atoms with Crippen LogP contribution >= 0.6 is 11.6 Å². The van der Waals surface area contributed by atoms with Crippen molar-refractivity contribution >= 4 is 40.9 Å². The first-order valence-electron chi connectivity index (χ1n) is 13.9. The molecule has 0 spiro atoms. The van der Waals surface area contributed by atoms with Crippen molar-refractivity contribution in [2.45, 2.75) is 40.0 Å². The van der Waals surface area contributed by atoms with Gasteiger partial charge in [0, 0.05) is 43.4 Å². The predicted octanol–water partition coefficient (Wildman–Crippen LogP) is 5.84. The number of pyridine rings is 2. The number of nitrogens with zero attached hydrogens (tertiary/aromatic N) is 6. The number of hydrogen-bond donors (Lipinski definition) is 2. The Kier molecular flexibility index (Phi) is 8.17. The van der Waals surface area contributed by atoms with Crippen LogP contribution in [0.2, 0.25) is 5.02 Å². The fourth-order valence-electron chi connectivity index (χ4n) is 4.69. The van der Waals surface area contributed by atoms with Gasteiger partial charge in [-0.2, -0.15) is 5.10 Å². The lowest BCUT2D eigenvalue weighted by molar-refractivity contribution is 0.0746. The highest BCUT2D eigenvalue weighted by molar-refractivity contribution is 6.33. The van der Waals surface area contributed by atoms with Crippen LogP contribution in [0, 0.1) is 13.8 Å². The van der Waals surface area contributed by atoms with Gasteiger partial charge in [0.05, 0.1) is 39.5 Å². The molecular weight excluding hydrogens is 552 g/mol. The summed E-state index contributed by atoms with van der Waals surface area (Å²) in [6, 6.07) is 16.1. The summed E-state index contributed by atoms with van der Waals surface area (Å²) < 4.78 is 1.69. The van der Waals surface area contributed by atoms with Gasteiger partial charge in [-0.3, -0.25) is 15.1 Å². The Labute approximate surface area is 250 Å². The van der Waals surface area contributed by atoms with Crippen LogP contribution in [-0.4, -0.2) is 62.8 Å². The Morgan fingerprint density at radius 1 is 0.929 bits per heavy atom. The van der Waals surface area contributed by atoms with Crippen molar-refractivity contribution < 1.29 is 9.59 Å². The zero-order chi connectivity index (χ0) is 30.0. The van der Waals surface area contributed by atoms with E-state index < -0.39 is 6.03 Å². The zero-order valence-corrected chi connectivity index (χ0v) is 25.2. The van der Waals surface area contributed by atoms with Gasteiger partial charge >= 0.3 is 6.03 Å². The summed E-state index contributed by atoms with van der Waals surface area (Å²) in [5.74, 6) is 1.27. The van der Waals surface area contributed by atoms with E-state index in [1.165, 1.54) is 0 Å². The number of benzene rings is 1. The molecule has 0 radical (unpaired) electrons. The SMILES string of the molecule is Cc1ccc(-n2nc(C(C)(C)C)cc2NC(=O)Nc2ccc(N3CCN(C(=O)c4ccccc4Cl)CC3)nc2C)cn1. The van der Waals surface area contributed by atoms with E-state index in [0.717, 1.165) is 22.9 Å². The van der Waals surface area contributed by atoms with E-state index in [1.807, 2.05) is 61.2 Å². The number of aromatic nitrogens is 4. The average Bonchev–Trinajstić information content (AvgIpc) is 3.39. The quantitative estimate of drug-likeness (QED) is 0.304. The number of urea groups is 1. The first-order chi connectivity index (χ1) is 20.0. The van der Waals surface area contributed by atoms with E-state index in [-0.39, 0.29) is 11.3 Å². The summed E-state index contributed by atoms with van der Waals surface area (Å²) in [6.07, 6.45) is 1.73. The molecule has 3 amide bonds. The smallest absolute Gasteiger partial charge is 0.324 e. The van der Waals surface area contributed by atoms with Gasteiger partial charge in [0.1, 0.15) is 11.6 Å². The molecule has 1 saturated heterocycles. The third kappa shape index (κ3) is 6.38. The van der Waals surface area contributed by atoms with Gasteiger partial charge < -0.3 is 15.1 Å². The van der Waals surface area contributed by atoms with Crippen molar-refractivity contribution in [1.29, 1.82) is 0 Å². The molecule has 1 fully saturated rings. The number of amides is 3. The van der Waals surface area contributed by atoms with Crippen molar-refractivity contribution in [3.8, 4) is 5.69 Å². The maximum atomic E-state index is 13.1. The third-order valence-electron chi connectivity index (χ3n) is 7.17. The van der Waals surface area contributed by atoms with Crippen molar-refractivity contribution in [3.63, 3.8) is 0 Å². The number of piperazine rings is 1. The van der Waals surface area contributed by atoms with Crippen LogP contribution in [-0.2, 0) is 5.41 Å². The lowest BCUT2D eigenvalue weighted by Gasteiger charge is -2.35. The summed E-state index contributed by atoms with van der Waals surface area (Å²) >= 11 is 6.23. The largest absolute Gasteiger partial charge is 0.353 e. The predicted molar refractivity (Wildman–Crippen MR) is 166 cm³/mol. The van der Waals surface area contributed by atoms with Crippen molar-refractivity contribution in [1.82, 2.24) is 24.6 Å². The molecule has 3 aromatic heterocycles. The van der Waals surface area contributed by atoms with E-state index in [9.17, 15) is 9.59 Å². The van der Waals surface area contributed by atoms with Crippen LogP contribution in [0.4, 0.5) is 22.1 Å². The fourth-order valence-corrected chi connectivity index (χ4v) is 4.90. The Morgan fingerprint density at radius 2 is 1.67 bits per heavy atom. The molecule has 1 aromatic carbocycles. The number of carbonyl (C=O) groups excluding carboxylic acids is 2. The monoisotopic (exact) mass is 586 g/mol. The topological polar surface area (TPSA) is 108 Å². The normalized spacial score (nSPS) is 13.7. The molecule has 11 heteroatoms. The van der Waals surface area contributed by atoms with Crippen LogP contribution in [0.5, 0.6) is 0 Å². The minimum Gasteiger partial charge on any atom is -0.353 e. The second-order valence-electron chi connectivity index (χ2n) is 11.4. The summed E-state index contributed by atoms with van der Waals surface area (Å²) in [7, 11) is 0. The van der Waals surface area contributed by atoms with E-state index in [2.05, 4.69) is 41.3 Å². The number of aryl methyl sites for hydroxylation is 2. The van der Waals surface area contributed by atoms with Crippen LogP contribution < -0.4 is 15.5 Å². The molecular formula is C31H35ClN8O2. The number of rotatable bonds is 5. The molecule has 1 aliphatic heterocycles. The van der Waals surface area contributed by atoms with Crippen molar-refractivity contribution in [2.24, 2.45) is 0 Å². The fraction of sp³-hybridized carbons (Fsp3) is 0.323. The molecule has 4 aromatic rings. The summed E-state index contributed by atoms with van der Waals surface area (Å²) in [5.41, 5.74) is 4.08. The van der Waals surface area contributed by atoms with Gasteiger partial charge in [-0.05, 0) is 50.2 Å². The Morgan fingerprint density at radius 3 is 2.31 bits per heavy atom. The lowest BCUT2D eigenvalue weighted by Crippen LogP contribution is -2.49. The van der Waals surface area contributed by atoms with Crippen LogP contribution in [0.25, 0.3) is 5.69 Å². The minimum absolute atomic E-state index is 0.0652. The molecule has 218 valence electrons. The van der Waals surface area contributed by atoms with E-state index in [4.69, 9.17) is 21.7 Å². The van der Waals surface area contributed by atoms with Crippen LogP contribution in [0.3, 0.4) is 0 Å². The molecule has 5 rings (SSSR count). The molecule has 1 aliphatic rings. The molecule has 2 N–H and O–H groups in total. The molecule has 0 unspecified atom stereocenters. The minimum atomic E-state index is -0.402. The summed E-state index contributed by atoms with van der Waals surface area (Å²) in [4.78, 5) is 39.1. The van der Waals surface area contributed by atoms with Crippen LogP contribution in [0.1, 0.15) is 48.2 Å². The van der Waals surface area contributed by atoms with E-state index in [1.54, 1.807) is 23.0 Å².